The van der Waals surface area contributed by atoms with Gasteiger partial charge >= 0.3 is 5.97 Å². The summed E-state index contributed by atoms with van der Waals surface area (Å²) < 4.78 is 16.3. The van der Waals surface area contributed by atoms with Crippen molar-refractivity contribution in [2.45, 2.75) is 38.4 Å². The molecule has 1 saturated carbocycles. The van der Waals surface area contributed by atoms with Crippen LogP contribution in [0.1, 0.15) is 32.1 Å². The maximum absolute atomic E-state index is 11.9. The molecule has 1 aliphatic carbocycles. The first-order chi connectivity index (χ1) is 10.2. The van der Waals surface area contributed by atoms with Crippen LogP contribution in [0.25, 0.3) is 0 Å². The fourth-order valence-corrected chi connectivity index (χ4v) is 2.42. The normalized spacial score (nSPS) is 24.9. The lowest BCUT2D eigenvalue weighted by Gasteiger charge is -2.28. The van der Waals surface area contributed by atoms with E-state index in [2.05, 4.69) is 6.58 Å². The third-order valence-corrected chi connectivity index (χ3v) is 3.71. The zero-order valence-corrected chi connectivity index (χ0v) is 12.3. The highest BCUT2D eigenvalue weighted by Gasteiger charge is 2.37. The van der Waals surface area contributed by atoms with Crippen molar-refractivity contribution in [3.05, 3.63) is 24.5 Å². The molecule has 1 aliphatic heterocycles. The summed E-state index contributed by atoms with van der Waals surface area (Å²) in [5.74, 6) is 0.767. The fourth-order valence-electron chi connectivity index (χ4n) is 2.42. The number of aliphatic hydroxyl groups excluding tert-OH is 1. The van der Waals surface area contributed by atoms with E-state index in [0.717, 1.165) is 12.8 Å². The van der Waals surface area contributed by atoms with Crippen LogP contribution in [0.3, 0.4) is 0 Å². The van der Waals surface area contributed by atoms with E-state index < -0.39 is 12.3 Å². The topological polar surface area (TPSA) is 65.0 Å². The molecule has 0 unspecified atom stereocenters. The molecule has 2 rings (SSSR count). The van der Waals surface area contributed by atoms with Gasteiger partial charge < -0.3 is 19.3 Å². The maximum atomic E-state index is 11.9. The average molecular weight is 296 g/mol. The Bertz CT molecular complexity index is 386. The first kappa shape index (κ1) is 16.0. The summed E-state index contributed by atoms with van der Waals surface area (Å²) in [6.45, 7) is 4.39. The quantitative estimate of drug-likeness (QED) is 0.401. The van der Waals surface area contributed by atoms with Gasteiger partial charge in [-0.3, -0.25) is 0 Å². The van der Waals surface area contributed by atoms with E-state index in [1.54, 1.807) is 0 Å². The molecule has 0 bridgehead atoms. The molecule has 0 aromatic carbocycles. The summed E-state index contributed by atoms with van der Waals surface area (Å²) >= 11 is 0. The van der Waals surface area contributed by atoms with Crippen molar-refractivity contribution in [2.24, 2.45) is 11.8 Å². The van der Waals surface area contributed by atoms with E-state index in [0.29, 0.717) is 24.9 Å². The number of carbonyl (C=O) groups excluding carboxylic acids is 1. The van der Waals surface area contributed by atoms with Crippen LogP contribution in [0.4, 0.5) is 0 Å². The van der Waals surface area contributed by atoms with Gasteiger partial charge in [-0.1, -0.05) is 12.7 Å². The monoisotopic (exact) mass is 296 g/mol. The molecule has 0 amide bonds. The number of hydrogen-bond donors (Lipinski definition) is 1. The Labute approximate surface area is 125 Å². The minimum absolute atomic E-state index is 0.165. The van der Waals surface area contributed by atoms with Gasteiger partial charge in [-0.15, -0.1) is 0 Å². The van der Waals surface area contributed by atoms with Gasteiger partial charge in [0, 0.05) is 13.0 Å². The molecule has 21 heavy (non-hydrogen) atoms. The van der Waals surface area contributed by atoms with E-state index in [9.17, 15) is 4.79 Å². The minimum Gasteiger partial charge on any atom is -0.458 e. The van der Waals surface area contributed by atoms with Crippen LogP contribution in [-0.2, 0) is 19.0 Å². The summed E-state index contributed by atoms with van der Waals surface area (Å²) in [4.78, 5) is 11.9. The number of aliphatic hydroxyl groups is 1. The lowest BCUT2D eigenvalue weighted by atomic mass is 9.96. The number of hydrogen-bond acceptors (Lipinski definition) is 5. The van der Waals surface area contributed by atoms with E-state index in [4.69, 9.17) is 19.3 Å². The van der Waals surface area contributed by atoms with E-state index in [1.807, 2.05) is 6.08 Å². The van der Waals surface area contributed by atoms with Crippen molar-refractivity contribution < 1.29 is 24.1 Å². The highest BCUT2D eigenvalue weighted by molar-refractivity contribution is 5.86. The van der Waals surface area contributed by atoms with Crippen molar-refractivity contribution in [1.82, 2.24) is 0 Å². The summed E-state index contributed by atoms with van der Waals surface area (Å²) in [6.07, 6.45) is 7.69. The fraction of sp³-hybridized carbons (Fsp3) is 0.688. The van der Waals surface area contributed by atoms with Gasteiger partial charge in [0.15, 0.2) is 0 Å². The van der Waals surface area contributed by atoms with Crippen molar-refractivity contribution in [2.75, 3.05) is 19.8 Å². The van der Waals surface area contributed by atoms with Gasteiger partial charge in [-0.2, -0.15) is 0 Å². The molecular formula is C16H24O5. The number of unbranched alkanes of at least 4 members (excludes halogenated alkanes) is 1. The Morgan fingerprint density at radius 1 is 1.48 bits per heavy atom. The molecule has 2 atom stereocenters. The van der Waals surface area contributed by atoms with Gasteiger partial charge in [0.25, 0.3) is 0 Å². The molecule has 1 fully saturated rings. The molecular weight excluding hydrogens is 272 g/mol. The maximum Gasteiger partial charge on any atom is 0.373 e. The van der Waals surface area contributed by atoms with Crippen LogP contribution in [0.15, 0.2) is 24.5 Å². The second-order valence-corrected chi connectivity index (χ2v) is 5.50. The zero-order valence-electron chi connectivity index (χ0n) is 12.3. The molecule has 118 valence electrons. The first-order valence-electron chi connectivity index (χ1n) is 7.63. The van der Waals surface area contributed by atoms with Crippen molar-refractivity contribution in [3.63, 3.8) is 0 Å². The second-order valence-electron chi connectivity index (χ2n) is 5.50. The van der Waals surface area contributed by atoms with Gasteiger partial charge in [0.05, 0.1) is 6.61 Å². The first-order valence-corrected chi connectivity index (χ1v) is 7.63. The predicted octanol–water partition coefficient (Wildman–Crippen LogP) is 2.16. The van der Waals surface area contributed by atoms with Gasteiger partial charge in [0.2, 0.25) is 12.0 Å². The van der Waals surface area contributed by atoms with Crippen molar-refractivity contribution >= 4 is 5.97 Å². The van der Waals surface area contributed by atoms with Crippen molar-refractivity contribution in [1.29, 1.82) is 0 Å². The molecule has 0 aromatic rings. The van der Waals surface area contributed by atoms with E-state index >= 15 is 0 Å². The summed E-state index contributed by atoms with van der Waals surface area (Å²) in [5, 5.41) is 8.76. The largest absolute Gasteiger partial charge is 0.458 e. The molecule has 0 radical (unpaired) electrons. The van der Waals surface area contributed by atoms with Gasteiger partial charge in [-0.05, 0) is 43.6 Å². The lowest BCUT2D eigenvalue weighted by Crippen LogP contribution is -2.29. The number of ether oxygens (including phenoxy) is 3. The lowest BCUT2D eigenvalue weighted by molar-refractivity contribution is -0.163. The van der Waals surface area contributed by atoms with Crippen LogP contribution in [0, 0.1) is 11.8 Å². The van der Waals surface area contributed by atoms with E-state index in [1.165, 1.54) is 18.9 Å². The smallest absolute Gasteiger partial charge is 0.373 e. The second kappa shape index (κ2) is 8.20. The predicted molar refractivity (Wildman–Crippen MR) is 77.2 cm³/mol. The Kier molecular flexibility index (Phi) is 6.26. The number of allylic oxidation sites excluding steroid dienone is 1. The summed E-state index contributed by atoms with van der Waals surface area (Å²) in [6, 6.07) is 0. The van der Waals surface area contributed by atoms with Crippen LogP contribution in [-0.4, -0.2) is 37.2 Å². The summed E-state index contributed by atoms with van der Waals surface area (Å²) in [5.41, 5.74) is 0. The van der Waals surface area contributed by atoms with Crippen LogP contribution in [0.5, 0.6) is 0 Å². The highest BCUT2D eigenvalue weighted by Crippen LogP contribution is 2.42. The van der Waals surface area contributed by atoms with Gasteiger partial charge in [0.1, 0.15) is 6.61 Å². The molecule has 0 saturated heterocycles. The average Bonchev–Trinajstić information content (AvgIpc) is 3.33. The highest BCUT2D eigenvalue weighted by atomic mass is 16.7. The van der Waals surface area contributed by atoms with Crippen LogP contribution < -0.4 is 0 Å². The molecule has 0 aromatic heterocycles. The van der Waals surface area contributed by atoms with Crippen LogP contribution in [0.2, 0.25) is 0 Å². The SMILES string of the molecule is C=CCOC(=O)C1=C[C@@H](C2CC2)C[C@@H](OCCCCO)O1. The number of esters is 1. The van der Waals surface area contributed by atoms with Gasteiger partial charge in [-0.25, -0.2) is 4.79 Å². The Morgan fingerprint density at radius 3 is 2.95 bits per heavy atom. The molecule has 5 heteroatoms. The van der Waals surface area contributed by atoms with Crippen LogP contribution >= 0.6 is 0 Å². The standard InChI is InChI=1S/C16H24O5/c1-2-8-20-16(18)14-10-13(12-5-6-12)11-15(21-14)19-9-4-3-7-17/h2,10,12-13,15,17H,1,3-9,11H2/t13-,15+/m1/s1. The Morgan fingerprint density at radius 2 is 2.29 bits per heavy atom. The van der Waals surface area contributed by atoms with E-state index in [-0.39, 0.29) is 19.0 Å². The molecule has 2 aliphatic rings. The van der Waals surface area contributed by atoms with Crippen molar-refractivity contribution in [3.8, 4) is 0 Å². The Hall–Kier alpha value is -1.33. The molecule has 1 N–H and O–H groups in total. The summed E-state index contributed by atoms with van der Waals surface area (Å²) in [7, 11) is 0. The third kappa shape index (κ3) is 5.17. The number of carbonyl (C=O) groups is 1. The molecule has 5 nitrogen and oxygen atoms in total. The third-order valence-electron chi connectivity index (χ3n) is 3.71. The minimum atomic E-state index is -0.454. The Balaban J connectivity index is 1.88. The molecule has 1 heterocycles. The zero-order chi connectivity index (χ0) is 15.1. The number of rotatable bonds is 9. The molecule has 0 spiro atoms.